The van der Waals surface area contributed by atoms with Crippen LogP contribution in [-0.4, -0.2) is 15.2 Å². The van der Waals surface area contributed by atoms with Gasteiger partial charge in [-0.3, -0.25) is 5.10 Å². The van der Waals surface area contributed by atoms with E-state index >= 15 is 0 Å². The fourth-order valence-corrected chi connectivity index (χ4v) is 3.30. The molecule has 1 aromatic carbocycles. The lowest BCUT2D eigenvalue weighted by Crippen LogP contribution is -1.89. The standard InChI is InChI=1S/C14H10N4S2/c1-2-12-11(7-9(1)10-3-5-19-8-10)13(18-17-12)16-14-15-4-6-20-14/h1-8H,(H2,15,16,17,18). The van der Waals surface area contributed by atoms with Gasteiger partial charge in [0.1, 0.15) is 0 Å². The molecule has 0 saturated carbocycles. The molecular formula is C14H10N4S2. The quantitative estimate of drug-likeness (QED) is 0.586. The van der Waals surface area contributed by atoms with Gasteiger partial charge < -0.3 is 5.32 Å². The highest BCUT2D eigenvalue weighted by Crippen LogP contribution is 2.30. The number of benzene rings is 1. The summed E-state index contributed by atoms with van der Waals surface area (Å²) in [6.45, 7) is 0. The number of nitrogens with zero attached hydrogens (tertiary/aromatic N) is 2. The van der Waals surface area contributed by atoms with Gasteiger partial charge in [0.2, 0.25) is 0 Å². The molecule has 4 aromatic rings. The Labute approximate surface area is 123 Å². The summed E-state index contributed by atoms with van der Waals surface area (Å²) in [5.41, 5.74) is 3.45. The molecule has 0 aliphatic carbocycles. The predicted molar refractivity (Wildman–Crippen MR) is 84.8 cm³/mol. The van der Waals surface area contributed by atoms with Crippen molar-refractivity contribution in [1.29, 1.82) is 0 Å². The number of fused-ring (bicyclic) bond motifs is 1. The van der Waals surface area contributed by atoms with E-state index in [1.165, 1.54) is 11.1 Å². The molecule has 0 atom stereocenters. The van der Waals surface area contributed by atoms with E-state index in [9.17, 15) is 0 Å². The Balaban J connectivity index is 1.80. The third-order valence-electron chi connectivity index (χ3n) is 3.08. The number of aromatic amines is 1. The fourth-order valence-electron chi connectivity index (χ4n) is 2.10. The van der Waals surface area contributed by atoms with Crippen molar-refractivity contribution in [2.24, 2.45) is 0 Å². The van der Waals surface area contributed by atoms with Gasteiger partial charge >= 0.3 is 0 Å². The number of aromatic nitrogens is 3. The fraction of sp³-hybridized carbons (Fsp3) is 0. The number of nitrogens with one attached hydrogen (secondary N) is 2. The highest BCUT2D eigenvalue weighted by molar-refractivity contribution is 7.13. The van der Waals surface area contributed by atoms with Crippen LogP contribution >= 0.6 is 22.7 Å². The first kappa shape index (κ1) is 11.6. The van der Waals surface area contributed by atoms with Crippen LogP contribution < -0.4 is 5.32 Å². The summed E-state index contributed by atoms with van der Waals surface area (Å²) < 4.78 is 0. The molecule has 2 N–H and O–H groups in total. The van der Waals surface area contributed by atoms with Crippen molar-refractivity contribution in [3.05, 3.63) is 46.6 Å². The van der Waals surface area contributed by atoms with Crippen LogP contribution in [0.4, 0.5) is 10.9 Å². The Hall–Kier alpha value is -2.18. The minimum absolute atomic E-state index is 0.812. The zero-order valence-corrected chi connectivity index (χ0v) is 12.0. The van der Waals surface area contributed by atoms with Gasteiger partial charge in [-0.2, -0.15) is 16.4 Å². The van der Waals surface area contributed by atoms with Gasteiger partial charge in [0.25, 0.3) is 0 Å². The number of hydrogen-bond donors (Lipinski definition) is 2. The van der Waals surface area contributed by atoms with E-state index < -0.39 is 0 Å². The van der Waals surface area contributed by atoms with Crippen LogP contribution in [0, 0.1) is 0 Å². The molecule has 0 unspecified atom stereocenters. The number of thiazole rings is 1. The van der Waals surface area contributed by atoms with Gasteiger partial charge in [-0.25, -0.2) is 4.98 Å². The highest BCUT2D eigenvalue weighted by Gasteiger charge is 2.08. The highest BCUT2D eigenvalue weighted by atomic mass is 32.1. The minimum Gasteiger partial charge on any atom is -0.314 e. The summed E-state index contributed by atoms with van der Waals surface area (Å²) in [4.78, 5) is 4.23. The second-order valence-electron chi connectivity index (χ2n) is 4.31. The molecule has 3 aromatic heterocycles. The summed E-state index contributed by atoms with van der Waals surface area (Å²) in [5.74, 6) is 0.812. The first-order valence-electron chi connectivity index (χ1n) is 6.07. The SMILES string of the molecule is c1csc(Nc2n[nH]c3ccc(-c4ccsc4)cc23)n1. The van der Waals surface area contributed by atoms with Crippen molar-refractivity contribution in [2.45, 2.75) is 0 Å². The maximum Gasteiger partial charge on any atom is 0.188 e. The van der Waals surface area contributed by atoms with Crippen LogP contribution in [0.25, 0.3) is 22.0 Å². The van der Waals surface area contributed by atoms with Crippen molar-refractivity contribution < 1.29 is 0 Å². The topological polar surface area (TPSA) is 53.6 Å². The van der Waals surface area contributed by atoms with E-state index in [2.05, 4.69) is 55.5 Å². The molecule has 0 aliphatic rings. The van der Waals surface area contributed by atoms with E-state index in [4.69, 9.17) is 0 Å². The summed E-state index contributed by atoms with van der Waals surface area (Å²) >= 11 is 3.26. The predicted octanol–water partition coefficient (Wildman–Crippen LogP) is 4.49. The van der Waals surface area contributed by atoms with Gasteiger partial charge in [0.15, 0.2) is 10.9 Å². The van der Waals surface area contributed by atoms with Crippen LogP contribution in [0.3, 0.4) is 0 Å². The monoisotopic (exact) mass is 298 g/mol. The Morgan fingerprint density at radius 3 is 2.90 bits per heavy atom. The molecule has 0 bridgehead atoms. The zero-order valence-electron chi connectivity index (χ0n) is 10.3. The van der Waals surface area contributed by atoms with E-state index in [0.29, 0.717) is 0 Å². The van der Waals surface area contributed by atoms with E-state index in [1.807, 2.05) is 5.38 Å². The molecule has 0 radical (unpaired) electrons. The van der Waals surface area contributed by atoms with Crippen molar-refractivity contribution in [3.63, 3.8) is 0 Å². The first-order valence-corrected chi connectivity index (χ1v) is 7.89. The maximum absolute atomic E-state index is 4.33. The second-order valence-corrected chi connectivity index (χ2v) is 5.98. The van der Waals surface area contributed by atoms with E-state index in [-0.39, 0.29) is 0 Å². The van der Waals surface area contributed by atoms with Crippen LogP contribution in [0.2, 0.25) is 0 Å². The Morgan fingerprint density at radius 1 is 1.10 bits per heavy atom. The Morgan fingerprint density at radius 2 is 2.10 bits per heavy atom. The lowest BCUT2D eigenvalue weighted by molar-refractivity contribution is 1.12. The summed E-state index contributed by atoms with van der Waals surface area (Å²) in [6.07, 6.45) is 1.78. The van der Waals surface area contributed by atoms with Crippen LogP contribution in [0.1, 0.15) is 0 Å². The molecule has 4 rings (SSSR count). The van der Waals surface area contributed by atoms with Crippen LogP contribution in [-0.2, 0) is 0 Å². The van der Waals surface area contributed by atoms with Gasteiger partial charge in [-0.15, -0.1) is 11.3 Å². The molecule has 0 aliphatic heterocycles. The lowest BCUT2D eigenvalue weighted by Gasteiger charge is -2.01. The number of thiophene rings is 1. The third-order valence-corrected chi connectivity index (χ3v) is 4.45. The summed E-state index contributed by atoms with van der Waals surface area (Å²) in [7, 11) is 0. The molecule has 3 heterocycles. The van der Waals surface area contributed by atoms with Crippen molar-refractivity contribution in [1.82, 2.24) is 15.2 Å². The summed E-state index contributed by atoms with van der Waals surface area (Å²) in [5, 5.41) is 18.7. The van der Waals surface area contributed by atoms with Gasteiger partial charge in [0, 0.05) is 17.0 Å². The first-order chi connectivity index (χ1) is 9.90. The zero-order chi connectivity index (χ0) is 13.4. The van der Waals surface area contributed by atoms with E-state index in [1.54, 1.807) is 28.9 Å². The number of rotatable bonds is 3. The lowest BCUT2D eigenvalue weighted by atomic mass is 10.1. The van der Waals surface area contributed by atoms with Gasteiger partial charge in [-0.1, -0.05) is 6.07 Å². The molecular weight excluding hydrogens is 288 g/mol. The molecule has 98 valence electrons. The summed E-state index contributed by atoms with van der Waals surface area (Å²) in [6, 6.07) is 8.44. The number of H-pyrrole nitrogens is 1. The molecule has 0 amide bonds. The molecule has 0 saturated heterocycles. The molecule has 20 heavy (non-hydrogen) atoms. The molecule has 0 fully saturated rings. The maximum atomic E-state index is 4.33. The third kappa shape index (κ3) is 1.99. The normalized spacial score (nSPS) is 11.0. The minimum atomic E-state index is 0.812. The van der Waals surface area contributed by atoms with Gasteiger partial charge in [-0.05, 0) is 40.1 Å². The van der Waals surface area contributed by atoms with Crippen LogP contribution in [0.5, 0.6) is 0 Å². The molecule has 0 spiro atoms. The average Bonchev–Trinajstić information content (AvgIpc) is 3.20. The largest absolute Gasteiger partial charge is 0.314 e. The van der Waals surface area contributed by atoms with E-state index in [0.717, 1.165) is 21.9 Å². The smallest absolute Gasteiger partial charge is 0.188 e. The number of hydrogen-bond acceptors (Lipinski definition) is 5. The second kappa shape index (κ2) is 4.73. The van der Waals surface area contributed by atoms with Crippen molar-refractivity contribution in [3.8, 4) is 11.1 Å². The van der Waals surface area contributed by atoms with Crippen molar-refractivity contribution in [2.75, 3.05) is 5.32 Å². The molecule has 6 heteroatoms. The molecule has 4 nitrogen and oxygen atoms in total. The van der Waals surface area contributed by atoms with Crippen molar-refractivity contribution >= 4 is 44.5 Å². The average molecular weight is 298 g/mol. The van der Waals surface area contributed by atoms with Crippen LogP contribution in [0.15, 0.2) is 46.6 Å². The van der Waals surface area contributed by atoms with Gasteiger partial charge in [0.05, 0.1) is 5.52 Å². The Bertz CT molecular complexity index is 831. The number of anilines is 2. The Kier molecular flexibility index (Phi) is 2.75.